The standard InChI is InChI=1S/C18H18F2N2O2/c1-24-11-12-9-22(10-15(12)17-4-2-3-7-21-17)18(23)14-6-5-13(19)8-16(14)20/h2-8,12,15H,9-11H2,1H3/t12-,15+/m0/s1. The largest absolute Gasteiger partial charge is 0.384 e. The van der Waals surface area contributed by atoms with Crippen molar-refractivity contribution in [2.75, 3.05) is 26.8 Å². The Labute approximate surface area is 139 Å². The van der Waals surface area contributed by atoms with Crippen LogP contribution in [-0.2, 0) is 4.74 Å². The molecule has 0 saturated carbocycles. The molecule has 1 aliphatic rings. The van der Waals surface area contributed by atoms with E-state index in [4.69, 9.17) is 4.74 Å². The van der Waals surface area contributed by atoms with Gasteiger partial charge in [-0.05, 0) is 24.3 Å². The molecule has 0 N–H and O–H groups in total. The minimum Gasteiger partial charge on any atom is -0.384 e. The Kier molecular flexibility index (Phi) is 4.85. The van der Waals surface area contributed by atoms with Crippen molar-refractivity contribution in [2.24, 2.45) is 5.92 Å². The second kappa shape index (κ2) is 7.05. The van der Waals surface area contributed by atoms with Gasteiger partial charge in [-0.1, -0.05) is 6.07 Å². The predicted molar refractivity (Wildman–Crippen MR) is 84.6 cm³/mol. The maximum absolute atomic E-state index is 13.9. The number of aromatic nitrogens is 1. The average Bonchev–Trinajstić information content (AvgIpc) is 2.99. The minimum absolute atomic E-state index is 0.0265. The van der Waals surface area contributed by atoms with Crippen molar-refractivity contribution in [3.05, 3.63) is 65.5 Å². The molecule has 1 saturated heterocycles. The van der Waals surface area contributed by atoms with Gasteiger partial charge in [0.1, 0.15) is 11.6 Å². The van der Waals surface area contributed by atoms with Gasteiger partial charge in [0.15, 0.2) is 0 Å². The summed E-state index contributed by atoms with van der Waals surface area (Å²) in [6.07, 6.45) is 1.71. The number of amides is 1. The molecule has 1 aromatic heterocycles. The van der Waals surface area contributed by atoms with Crippen LogP contribution in [0.1, 0.15) is 22.0 Å². The average molecular weight is 332 g/mol. The lowest BCUT2D eigenvalue weighted by atomic mass is 9.93. The Hall–Kier alpha value is -2.34. The number of nitrogens with zero attached hydrogens (tertiary/aromatic N) is 2. The van der Waals surface area contributed by atoms with Crippen molar-refractivity contribution in [3.63, 3.8) is 0 Å². The zero-order valence-corrected chi connectivity index (χ0v) is 13.3. The molecule has 2 atom stereocenters. The van der Waals surface area contributed by atoms with Crippen LogP contribution in [0.15, 0.2) is 42.6 Å². The number of likely N-dealkylation sites (tertiary alicyclic amines) is 1. The van der Waals surface area contributed by atoms with Gasteiger partial charge in [0.2, 0.25) is 0 Å². The molecule has 0 spiro atoms. The highest BCUT2D eigenvalue weighted by Crippen LogP contribution is 2.32. The summed E-state index contributed by atoms with van der Waals surface area (Å²) in [4.78, 5) is 18.6. The van der Waals surface area contributed by atoms with E-state index >= 15 is 0 Å². The smallest absolute Gasteiger partial charge is 0.256 e. The van der Waals surface area contributed by atoms with E-state index in [0.29, 0.717) is 19.7 Å². The maximum Gasteiger partial charge on any atom is 0.256 e. The first-order valence-electron chi connectivity index (χ1n) is 7.74. The van der Waals surface area contributed by atoms with E-state index in [1.54, 1.807) is 18.2 Å². The fourth-order valence-electron chi connectivity index (χ4n) is 3.18. The Balaban J connectivity index is 1.83. The number of methoxy groups -OCH3 is 1. The van der Waals surface area contributed by atoms with E-state index in [-0.39, 0.29) is 17.4 Å². The predicted octanol–water partition coefficient (Wildman–Crippen LogP) is 2.86. The second-order valence-electron chi connectivity index (χ2n) is 5.91. The lowest BCUT2D eigenvalue weighted by Crippen LogP contribution is -2.30. The second-order valence-corrected chi connectivity index (χ2v) is 5.91. The summed E-state index contributed by atoms with van der Waals surface area (Å²) in [5, 5.41) is 0. The van der Waals surface area contributed by atoms with Crippen molar-refractivity contribution in [1.29, 1.82) is 0 Å². The third-order valence-corrected chi connectivity index (χ3v) is 4.34. The summed E-state index contributed by atoms with van der Waals surface area (Å²) in [6, 6.07) is 8.66. The SMILES string of the molecule is COC[C@@H]1CN(C(=O)c2ccc(F)cc2F)C[C@H]1c1ccccn1. The summed E-state index contributed by atoms with van der Waals surface area (Å²) >= 11 is 0. The number of rotatable bonds is 4. The highest BCUT2D eigenvalue weighted by atomic mass is 19.1. The third kappa shape index (κ3) is 3.28. The molecule has 0 bridgehead atoms. The zero-order chi connectivity index (χ0) is 17.1. The molecule has 3 rings (SSSR count). The van der Waals surface area contributed by atoms with Gasteiger partial charge in [0.25, 0.3) is 5.91 Å². The number of hydrogen-bond acceptors (Lipinski definition) is 3. The van der Waals surface area contributed by atoms with Crippen LogP contribution in [0.5, 0.6) is 0 Å². The highest BCUT2D eigenvalue weighted by molar-refractivity contribution is 5.94. The highest BCUT2D eigenvalue weighted by Gasteiger charge is 2.37. The Bertz CT molecular complexity index is 724. The van der Waals surface area contributed by atoms with Crippen LogP contribution in [0.2, 0.25) is 0 Å². The minimum atomic E-state index is -0.843. The number of hydrogen-bond donors (Lipinski definition) is 0. The van der Waals surface area contributed by atoms with Crippen molar-refractivity contribution < 1.29 is 18.3 Å². The van der Waals surface area contributed by atoms with Gasteiger partial charge in [0, 0.05) is 50.0 Å². The molecule has 2 heterocycles. The van der Waals surface area contributed by atoms with Gasteiger partial charge in [-0.2, -0.15) is 0 Å². The molecule has 1 fully saturated rings. The first kappa shape index (κ1) is 16.5. The van der Waals surface area contributed by atoms with E-state index in [0.717, 1.165) is 17.8 Å². The molecule has 1 aliphatic heterocycles. The van der Waals surface area contributed by atoms with Crippen LogP contribution >= 0.6 is 0 Å². The molecule has 0 radical (unpaired) electrons. The monoisotopic (exact) mass is 332 g/mol. The lowest BCUT2D eigenvalue weighted by molar-refractivity contribution is 0.0770. The Morgan fingerprint density at radius 2 is 2.12 bits per heavy atom. The summed E-state index contributed by atoms with van der Waals surface area (Å²) < 4.78 is 32.2. The molecule has 0 aliphatic carbocycles. The number of pyridine rings is 1. The number of carbonyl (C=O) groups excluding carboxylic acids is 1. The van der Waals surface area contributed by atoms with Gasteiger partial charge in [0.05, 0.1) is 12.2 Å². The van der Waals surface area contributed by atoms with E-state index in [9.17, 15) is 13.6 Å². The van der Waals surface area contributed by atoms with E-state index in [1.807, 2.05) is 18.2 Å². The van der Waals surface area contributed by atoms with E-state index < -0.39 is 17.5 Å². The number of carbonyl (C=O) groups is 1. The molecule has 2 aromatic rings. The fourth-order valence-corrected chi connectivity index (χ4v) is 3.18. The third-order valence-electron chi connectivity index (χ3n) is 4.34. The van der Waals surface area contributed by atoms with Gasteiger partial charge >= 0.3 is 0 Å². The van der Waals surface area contributed by atoms with Crippen LogP contribution in [-0.4, -0.2) is 42.6 Å². The van der Waals surface area contributed by atoms with Crippen LogP contribution in [0, 0.1) is 17.6 Å². The Morgan fingerprint density at radius 1 is 1.29 bits per heavy atom. The summed E-state index contributed by atoms with van der Waals surface area (Å²) in [5.41, 5.74) is 0.767. The molecular weight excluding hydrogens is 314 g/mol. The van der Waals surface area contributed by atoms with E-state index in [1.165, 1.54) is 6.07 Å². The van der Waals surface area contributed by atoms with Gasteiger partial charge in [-0.25, -0.2) is 8.78 Å². The van der Waals surface area contributed by atoms with Crippen molar-refractivity contribution in [1.82, 2.24) is 9.88 Å². The first-order valence-corrected chi connectivity index (χ1v) is 7.74. The summed E-state index contributed by atoms with van der Waals surface area (Å²) in [7, 11) is 1.61. The first-order chi connectivity index (χ1) is 11.6. The molecule has 1 amide bonds. The zero-order valence-electron chi connectivity index (χ0n) is 13.3. The molecule has 4 nitrogen and oxygen atoms in total. The molecule has 6 heteroatoms. The number of halogens is 2. The number of ether oxygens (including phenoxy) is 1. The van der Waals surface area contributed by atoms with Gasteiger partial charge < -0.3 is 9.64 Å². The molecule has 1 aromatic carbocycles. The summed E-state index contributed by atoms with van der Waals surface area (Å²) in [6.45, 7) is 1.36. The van der Waals surface area contributed by atoms with E-state index in [2.05, 4.69) is 4.98 Å². The Morgan fingerprint density at radius 3 is 2.79 bits per heavy atom. The molecule has 24 heavy (non-hydrogen) atoms. The van der Waals surface area contributed by atoms with Crippen molar-refractivity contribution in [3.8, 4) is 0 Å². The summed E-state index contributed by atoms with van der Waals surface area (Å²) in [5.74, 6) is -1.87. The fraction of sp³-hybridized carbons (Fsp3) is 0.333. The van der Waals surface area contributed by atoms with Crippen LogP contribution < -0.4 is 0 Å². The van der Waals surface area contributed by atoms with Crippen molar-refractivity contribution in [2.45, 2.75) is 5.92 Å². The van der Waals surface area contributed by atoms with Crippen molar-refractivity contribution >= 4 is 5.91 Å². The maximum atomic E-state index is 13.9. The van der Waals surface area contributed by atoms with Gasteiger partial charge in [-0.15, -0.1) is 0 Å². The normalized spacial score (nSPS) is 20.4. The topological polar surface area (TPSA) is 42.4 Å². The lowest BCUT2D eigenvalue weighted by Gasteiger charge is -2.16. The van der Waals surface area contributed by atoms with Crippen LogP contribution in [0.4, 0.5) is 8.78 Å². The quantitative estimate of drug-likeness (QED) is 0.865. The molecular formula is C18H18F2N2O2. The van der Waals surface area contributed by atoms with Crippen LogP contribution in [0.3, 0.4) is 0 Å². The number of benzene rings is 1. The van der Waals surface area contributed by atoms with Crippen LogP contribution in [0.25, 0.3) is 0 Å². The molecule has 126 valence electrons. The van der Waals surface area contributed by atoms with Gasteiger partial charge in [-0.3, -0.25) is 9.78 Å². The molecule has 0 unspecified atom stereocenters.